The van der Waals surface area contributed by atoms with E-state index in [0.717, 1.165) is 17.7 Å². The number of anilines is 1. The smallest absolute Gasteiger partial charge is 0.260 e. The number of carbonyl (C=O) groups is 2. The molecule has 2 aromatic rings. The zero-order valence-corrected chi connectivity index (χ0v) is 13.0. The van der Waals surface area contributed by atoms with E-state index in [-0.39, 0.29) is 17.4 Å². The van der Waals surface area contributed by atoms with E-state index in [1.807, 2.05) is 24.3 Å². The molecule has 6 heteroatoms. The van der Waals surface area contributed by atoms with Gasteiger partial charge in [0.1, 0.15) is 5.56 Å². The molecule has 1 aromatic heterocycles. The maximum Gasteiger partial charge on any atom is 0.260 e. The van der Waals surface area contributed by atoms with E-state index in [1.54, 1.807) is 11.0 Å². The lowest BCUT2D eigenvalue weighted by molar-refractivity contribution is -0.122. The van der Waals surface area contributed by atoms with Crippen LogP contribution >= 0.6 is 0 Å². The first-order chi connectivity index (χ1) is 11.6. The number of nitrogens with zero attached hydrogens (tertiary/aromatic N) is 1. The summed E-state index contributed by atoms with van der Waals surface area (Å²) in [6.45, 7) is 0.841. The van der Waals surface area contributed by atoms with Gasteiger partial charge in [0.2, 0.25) is 5.91 Å². The molecule has 1 aromatic carbocycles. The standard InChI is InChI=1S/C18H17N3O3/c22-15-12(5-3-9-19-15)16(23)21-10-4-8-18(11-21)13-6-1-2-7-14(13)20-17(18)24/h1-3,5-7,9H,4,8,10-11H2,(H,19,22)(H,20,24)/t18-/m1/s1. The Morgan fingerprint density at radius 1 is 1.12 bits per heavy atom. The molecule has 122 valence electrons. The second-order valence-electron chi connectivity index (χ2n) is 6.32. The molecule has 3 heterocycles. The number of carbonyl (C=O) groups excluding carboxylic acids is 2. The Balaban J connectivity index is 1.70. The monoisotopic (exact) mass is 323 g/mol. The zero-order valence-electron chi connectivity index (χ0n) is 13.0. The number of pyridine rings is 1. The van der Waals surface area contributed by atoms with Gasteiger partial charge in [-0.2, -0.15) is 0 Å². The summed E-state index contributed by atoms with van der Waals surface area (Å²) < 4.78 is 0. The maximum absolute atomic E-state index is 12.8. The molecule has 6 nitrogen and oxygen atoms in total. The second kappa shape index (κ2) is 5.33. The van der Waals surface area contributed by atoms with Gasteiger partial charge in [0.25, 0.3) is 11.5 Å². The second-order valence-corrected chi connectivity index (χ2v) is 6.32. The van der Waals surface area contributed by atoms with Crippen LogP contribution in [0.3, 0.4) is 0 Å². The number of para-hydroxylation sites is 1. The Morgan fingerprint density at radius 2 is 1.96 bits per heavy atom. The highest BCUT2D eigenvalue weighted by Crippen LogP contribution is 2.43. The Bertz CT molecular complexity index is 889. The minimum absolute atomic E-state index is 0.0665. The third-order valence-electron chi connectivity index (χ3n) is 4.95. The lowest BCUT2D eigenvalue weighted by Crippen LogP contribution is -2.52. The van der Waals surface area contributed by atoms with Gasteiger partial charge >= 0.3 is 0 Å². The van der Waals surface area contributed by atoms with Gasteiger partial charge in [-0.15, -0.1) is 0 Å². The van der Waals surface area contributed by atoms with Gasteiger partial charge in [0.05, 0.1) is 5.41 Å². The van der Waals surface area contributed by atoms with E-state index in [4.69, 9.17) is 0 Å². The Hall–Kier alpha value is -2.89. The number of rotatable bonds is 1. The summed E-state index contributed by atoms with van der Waals surface area (Å²) in [6, 6.07) is 10.8. The number of benzene rings is 1. The van der Waals surface area contributed by atoms with Gasteiger partial charge < -0.3 is 15.2 Å². The Kier molecular flexibility index (Phi) is 3.26. The number of nitrogens with one attached hydrogen (secondary N) is 2. The van der Waals surface area contributed by atoms with Crippen LogP contribution in [0.25, 0.3) is 0 Å². The molecule has 0 unspecified atom stereocenters. The number of fused-ring (bicyclic) bond motifs is 2. The van der Waals surface area contributed by atoms with Crippen molar-refractivity contribution in [2.75, 3.05) is 18.4 Å². The van der Waals surface area contributed by atoms with E-state index >= 15 is 0 Å². The molecule has 0 bridgehead atoms. The first-order valence-electron chi connectivity index (χ1n) is 8.00. The summed E-state index contributed by atoms with van der Waals surface area (Å²) in [5, 5.41) is 2.92. The van der Waals surface area contributed by atoms with Gasteiger partial charge in [-0.25, -0.2) is 0 Å². The maximum atomic E-state index is 12.8. The van der Waals surface area contributed by atoms with Crippen LogP contribution in [0.15, 0.2) is 47.4 Å². The molecule has 1 saturated heterocycles. The van der Waals surface area contributed by atoms with Crippen molar-refractivity contribution in [1.82, 2.24) is 9.88 Å². The zero-order chi connectivity index (χ0) is 16.7. The molecule has 1 spiro atoms. The van der Waals surface area contributed by atoms with E-state index in [1.165, 1.54) is 12.3 Å². The molecule has 1 atom stereocenters. The van der Waals surface area contributed by atoms with Crippen molar-refractivity contribution in [1.29, 1.82) is 0 Å². The van der Waals surface area contributed by atoms with Crippen molar-refractivity contribution in [2.45, 2.75) is 18.3 Å². The predicted molar refractivity (Wildman–Crippen MR) is 88.9 cm³/mol. The third kappa shape index (κ3) is 2.06. The number of likely N-dealkylation sites (tertiary alicyclic amines) is 1. The molecule has 2 aliphatic heterocycles. The van der Waals surface area contributed by atoms with Gasteiger partial charge in [-0.05, 0) is 36.6 Å². The number of piperidine rings is 1. The SMILES string of the molecule is O=C(c1ccc[nH]c1=O)N1CCC[C@]2(C1)C(=O)Nc1ccccc12. The quantitative estimate of drug-likeness (QED) is 0.834. The van der Waals surface area contributed by atoms with Gasteiger partial charge in [0, 0.05) is 25.0 Å². The van der Waals surface area contributed by atoms with Crippen LogP contribution in [0.2, 0.25) is 0 Å². The van der Waals surface area contributed by atoms with E-state index < -0.39 is 11.0 Å². The molecule has 0 saturated carbocycles. The minimum atomic E-state index is -0.716. The van der Waals surface area contributed by atoms with Crippen LogP contribution in [-0.4, -0.2) is 34.8 Å². The number of aromatic nitrogens is 1. The molecule has 2 amide bonds. The van der Waals surface area contributed by atoms with Gasteiger partial charge in [-0.3, -0.25) is 14.4 Å². The number of amides is 2. The molecule has 24 heavy (non-hydrogen) atoms. The van der Waals surface area contributed by atoms with Gasteiger partial charge in [-0.1, -0.05) is 18.2 Å². The summed E-state index contributed by atoms with van der Waals surface area (Å²) in [5.41, 5.74) is 0.745. The largest absolute Gasteiger partial charge is 0.337 e. The fraction of sp³-hybridized carbons (Fsp3) is 0.278. The van der Waals surface area contributed by atoms with Crippen molar-refractivity contribution in [3.63, 3.8) is 0 Å². The Labute approximate surface area is 138 Å². The highest BCUT2D eigenvalue weighted by molar-refractivity contribution is 6.07. The molecule has 0 radical (unpaired) electrons. The Morgan fingerprint density at radius 3 is 2.79 bits per heavy atom. The molecule has 1 fully saturated rings. The average molecular weight is 323 g/mol. The lowest BCUT2D eigenvalue weighted by atomic mass is 9.75. The van der Waals surface area contributed by atoms with Crippen molar-refractivity contribution in [2.24, 2.45) is 0 Å². The molecular weight excluding hydrogens is 306 g/mol. The van der Waals surface area contributed by atoms with Crippen molar-refractivity contribution in [3.8, 4) is 0 Å². The summed E-state index contributed by atoms with van der Waals surface area (Å²) in [6.07, 6.45) is 2.92. The van der Waals surface area contributed by atoms with Crippen LogP contribution in [0.5, 0.6) is 0 Å². The van der Waals surface area contributed by atoms with Crippen LogP contribution in [0, 0.1) is 0 Å². The predicted octanol–water partition coefficient (Wildman–Crippen LogP) is 1.50. The summed E-state index contributed by atoms with van der Waals surface area (Å²) in [7, 11) is 0. The number of hydrogen-bond acceptors (Lipinski definition) is 3. The van der Waals surface area contributed by atoms with Crippen molar-refractivity contribution >= 4 is 17.5 Å². The molecular formula is C18H17N3O3. The fourth-order valence-corrected chi connectivity index (χ4v) is 3.77. The molecule has 0 aliphatic carbocycles. The fourth-order valence-electron chi connectivity index (χ4n) is 3.77. The number of hydrogen-bond donors (Lipinski definition) is 2. The van der Waals surface area contributed by atoms with Crippen molar-refractivity contribution < 1.29 is 9.59 Å². The number of H-pyrrole nitrogens is 1. The lowest BCUT2D eigenvalue weighted by Gasteiger charge is -2.39. The third-order valence-corrected chi connectivity index (χ3v) is 4.95. The van der Waals surface area contributed by atoms with Crippen molar-refractivity contribution in [3.05, 3.63) is 64.1 Å². The number of aromatic amines is 1. The first-order valence-corrected chi connectivity index (χ1v) is 8.00. The summed E-state index contributed by atoms with van der Waals surface area (Å²) in [4.78, 5) is 41.5. The summed E-state index contributed by atoms with van der Waals surface area (Å²) >= 11 is 0. The average Bonchev–Trinajstić information content (AvgIpc) is 2.87. The topological polar surface area (TPSA) is 82.3 Å². The molecule has 2 N–H and O–H groups in total. The van der Waals surface area contributed by atoms with E-state index in [2.05, 4.69) is 10.3 Å². The minimum Gasteiger partial charge on any atom is -0.337 e. The first kappa shape index (κ1) is 14.7. The van der Waals surface area contributed by atoms with Crippen LogP contribution in [0.4, 0.5) is 5.69 Å². The van der Waals surface area contributed by atoms with Crippen LogP contribution in [-0.2, 0) is 10.2 Å². The highest BCUT2D eigenvalue weighted by atomic mass is 16.2. The van der Waals surface area contributed by atoms with Gasteiger partial charge in [0.15, 0.2) is 0 Å². The highest BCUT2D eigenvalue weighted by Gasteiger charge is 2.49. The molecule has 2 aliphatic rings. The van der Waals surface area contributed by atoms with E-state index in [9.17, 15) is 14.4 Å². The van der Waals surface area contributed by atoms with E-state index in [0.29, 0.717) is 19.5 Å². The molecule has 4 rings (SSSR count). The summed E-state index contributed by atoms with van der Waals surface area (Å²) in [5.74, 6) is -0.392. The normalized spacial score (nSPS) is 22.3. The van der Waals surface area contributed by atoms with Crippen LogP contribution in [0.1, 0.15) is 28.8 Å². The van der Waals surface area contributed by atoms with Crippen LogP contribution < -0.4 is 10.9 Å².